The van der Waals surface area contributed by atoms with Crippen LogP contribution in [0, 0.1) is 0 Å². The number of carbonyl (C=O) groups excluding carboxylic acids is 1. The van der Waals surface area contributed by atoms with Crippen molar-refractivity contribution in [3.8, 4) is 0 Å². The third kappa shape index (κ3) is 8.72. The summed E-state index contributed by atoms with van der Waals surface area (Å²) in [5.41, 5.74) is 5.18. The van der Waals surface area contributed by atoms with E-state index in [4.69, 9.17) is 16.2 Å². The number of aliphatic imine (C=N–C) groups is 1. The number of halogens is 1. The smallest absolute Gasteiger partial charge is 0.308 e. The van der Waals surface area contributed by atoms with Gasteiger partial charge in [0.25, 0.3) is 10.1 Å². The second-order valence-electron chi connectivity index (χ2n) is 6.66. The van der Waals surface area contributed by atoms with Crippen LogP contribution < -0.4 is 21.1 Å². The van der Waals surface area contributed by atoms with Gasteiger partial charge in [0.1, 0.15) is 6.67 Å². The number of anilines is 3. The summed E-state index contributed by atoms with van der Waals surface area (Å²) in [6.45, 7) is 1.35. The number of hydrogen-bond acceptors (Lipinski definition) is 9. The molecule has 0 fully saturated rings. The van der Waals surface area contributed by atoms with Gasteiger partial charge in [0.05, 0.1) is 16.8 Å². The summed E-state index contributed by atoms with van der Waals surface area (Å²) >= 11 is 9.05. The normalized spacial score (nSPS) is 12.5. The predicted octanol–water partition coefficient (Wildman–Crippen LogP) is 3.95. The van der Waals surface area contributed by atoms with Crippen molar-refractivity contribution in [2.75, 3.05) is 35.1 Å². The third-order valence-electron chi connectivity index (χ3n) is 3.93. The maximum Gasteiger partial charge on any atom is 0.325 e. The van der Waals surface area contributed by atoms with Crippen LogP contribution >= 0.6 is 34.3 Å². The number of thiophene rings is 1. The molecule has 1 aromatic carbocycles. The maximum absolute atomic E-state index is 12.1. The Morgan fingerprint density at radius 3 is 2.85 bits per heavy atom. The van der Waals surface area contributed by atoms with Crippen molar-refractivity contribution in [2.45, 2.75) is 6.42 Å². The number of nitrogens with zero attached hydrogens (tertiary/aromatic N) is 3. The fraction of sp³-hybridized carbons (Fsp3) is 0.211. The summed E-state index contributed by atoms with van der Waals surface area (Å²) < 4.78 is 25.9. The fourth-order valence-electron chi connectivity index (χ4n) is 2.67. The number of thiazole rings is 1. The van der Waals surface area contributed by atoms with E-state index in [0.29, 0.717) is 28.8 Å². The minimum Gasteiger partial charge on any atom is -0.308 e. The number of urea groups is 1. The van der Waals surface area contributed by atoms with Crippen molar-refractivity contribution in [3.63, 3.8) is 0 Å². The Balaban J connectivity index is 0.000000555. The van der Waals surface area contributed by atoms with Gasteiger partial charge in [0, 0.05) is 34.5 Å². The zero-order chi connectivity index (χ0) is 23.8. The first-order valence-electron chi connectivity index (χ1n) is 9.46. The second-order valence-corrected chi connectivity index (χ2v) is 10.6. The molecule has 2 aromatic heterocycles. The molecule has 0 aliphatic carbocycles. The molecule has 0 spiro atoms. The van der Waals surface area contributed by atoms with Gasteiger partial charge < -0.3 is 5.32 Å². The number of aromatic nitrogens is 1. The molecule has 0 atom stereocenters. The van der Waals surface area contributed by atoms with E-state index in [1.807, 2.05) is 11.2 Å². The van der Waals surface area contributed by atoms with Gasteiger partial charge in [-0.2, -0.15) is 8.42 Å². The lowest BCUT2D eigenvalue weighted by molar-refractivity contribution is 0.262. The van der Waals surface area contributed by atoms with Gasteiger partial charge in [-0.25, -0.2) is 15.2 Å². The van der Waals surface area contributed by atoms with Crippen LogP contribution in [0.4, 0.5) is 21.3 Å². The monoisotopic (exact) mass is 528 g/mol. The summed E-state index contributed by atoms with van der Waals surface area (Å²) in [6.07, 6.45) is 5.21. The van der Waals surface area contributed by atoms with Gasteiger partial charge in [-0.3, -0.25) is 19.9 Å². The van der Waals surface area contributed by atoms with Crippen LogP contribution in [0.15, 0.2) is 46.9 Å². The molecule has 1 aliphatic heterocycles. The number of rotatable bonds is 6. The molecule has 33 heavy (non-hydrogen) atoms. The van der Waals surface area contributed by atoms with Crippen LogP contribution in [0.2, 0.25) is 5.02 Å². The van der Waals surface area contributed by atoms with Crippen molar-refractivity contribution in [1.82, 2.24) is 10.4 Å². The number of hydrogen-bond donors (Lipinski definition) is 4. The second kappa shape index (κ2) is 11.5. The fourth-order valence-corrected chi connectivity index (χ4v) is 4.45. The summed E-state index contributed by atoms with van der Waals surface area (Å²) in [6, 6.07) is 8.72. The molecule has 0 radical (unpaired) electrons. The minimum atomic E-state index is -3.67. The summed E-state index contributed by atoms with van der Waals surface area (Å²) in [5.74, 6) is 0. The molecule has 3 heterocycles. The van der Waals surface area contributed by atoms with E-state index in [1.165, 1.54) is 11.3 Å². The Morgan fingerprint density at radius 1 is 1.30 bits per heavy atom. The Morgan fingerprint density at radius 2 is 2.09 bits per heavy atom. The van der Waals surface area contributed by atoms with E-state index in [-0.39, 0.29) is 6.03 Å². The quantitative estimate of drug-likeness (QED) is 0.355. The number of benzene rings is 1. The zero-order valence-corrected chi connectivity index (χ0v) is 20.6. The highest BCUT2D eigenvalue weighted by atomic mass is 35.5. The average molecular weight is 529 g/mol. The van der Waals surface area contributed by atoms with Gasteiger partial charge in [0.2, 0.25) is 0 Å². The highest BCUT2D eigenvalue weighted by Crippen LogP contribution is 2.26. The Hall–Kier alpha value is -2.55. The molecular weight excluding hydrogens is 508 g/mol. The third-order valence-corrected chi connectivity index (χ3v) is 5.97. The summed E-state index contributed by atoms with van der Waals surface area (Å²) in [5, 5.41) is 10.7. The van der Waals surface area contributed by atoms with Crippen LogP contribution in [-0.2, 0) is 16.5 Å². The lowest BCUT2D eigenvalue weighted by Gasteiger charge is -2.25. The van der Waals surface area contributed by atoms with E-state index in [0.717, 1.165) is 28.4 Å². The first-order chi connectivity index (χ1) is 15.7. The van der Waals surface area contributed by atoms with Gasteiger partial charge in [-0.05, 0) is 36.1 Å². The average Bonchev–Trinajstić information content (AvgIpc) is 3.36. The van der Waals surface area contributed by atoms with Crippen molar-refractivity contribution in [3.05, 3.63) is 56.7 Å². The van der Waals surface area contributed by atoms with E-state index >= 15 is 0 Å². The van der Waals surface area contributed by atoms with Crippen molar-refractivity contribution in [2.24, 2.45) is 4.99 Å². The number of hydrazine groups is 1. The van der Waals surface area contributed by atoms with Crippen LogP contribution in [0.25, 0.3) is 0 Å². The molecule has 0 bridgehead atoms. The molecule has 0 unspecified atom stereocenters. The van der Waals surface area contributed by atoms with Gasteiger partial charge in [-0.15, -0.1) is 22.7 Å². The number of fused-ring (bicyclic) bond motifs is 1. The molecule has 4 rings (SSSR count). The molecule has 176 valence electrons. The molecule has 14 heteroatoms. The van der Waals surface area contributed by atoms with Crippen LogP contribution in [0.1, 0.15) is 9.75 Å². The Bertz CT molecular complexity index is 1220. The highest BCUT2D eigenvalue weighted by molar-refractivity contribution is 7.85. The Labute approximate surface area is 204 Å². The molecule has 2 amide bonds. The van der Waals surface area contributed by atoms with Crippen LogP contribution in [0.5, 0.6) is 0 Å². The maximum atomic E-state index is 12.1. The molecule has 0 saturated heterocycles. The largest absolute Gasteiger partial charge is 0.325 e. The topological polar surface area (TPSA) is 136 Å². The SMILES string of the molecule is CS(=O)(=O)O.O=C(Nc1cccc(Cl)c1)Nc1ncc(CCNN2CN=Cc3sccc32)s1. The van der Waals surface area contributed by atoms with Crippen molar-refractivity contribution in [1.29, 1.82) is 0 Å². The van der Waals surface area contributed by atoms with Gasteiger partial charge in [-0.1, -0.05) is 17.7 Å². The number of nitrogens with one attached hydrogen (secondary N) is 3. The lowest BCUT2D eigenvalue weighted by Crippen LogP contribution is -2.41. The molecule has 1 aliphatic rings. The van der Waals surface area contributed by atoms with Gasteiger partial charge >= 0.3 is 6.03 Å². The van der Waals surface area contributed by atoms with E-state index < -0.39 is 10.1 Å². The van der Waals surface area contributed by atoms with Crippen molar-refractivity contribution < 1.29 is 17.8 Å². The molecule has 3 aromatic rings. The highest BCUT2D eigenvalue weighted by Gasteiger charge is 2.14. The zero-order valence-electron chi connectivity index (χ0n) is 17.4. The Kier molecular flexibility index (Phi) is 8.77. The first-order valence-corrected chi connectivity index (χ1v) is 13.4. The molecule has 4 N–H and O–H groups in total. The molecule has 0 saturated carbocycles. The van der Waals surface area contributed by atoms with Crippen LogP contribution in [0.3, 0.4) is 0 Å². The summed E-state index contributed by atoms with van der Waals surface area (Å²) in [4.78, 5) is 22.9. The minimum absolute atomic E-state index is 0.350. The number of amides is 2. The van der Waals surface area contributed by atoms with Crippen LogP contribution in [-0.4, -0.2) is 49.7 Å². The van der Waals surface area contributed by atoms with Gasteiger partial charge in [0.15, 0.2) is 5.13 Å². The molecule has 10 nitrogen and oxygen atoms in total. The first kappa shape index (κ1) is 25.1. The standard InChI is InChI=1S/C18H17ClN6OS2.CH4O3S/c19-12-2-1-3-13(8-12)23-17(26)24-18-21-9-14(28-18)4-6-22-25-11-20-10-16-15(25)5-7-27-16;1-5(2,3)4/h1-3,5,7-10,22H,4,6,11H2,(H2,21,23,24,26);1H3,(H,2,3,4). The number of carbonyl (C=O) groups is 1. The van der Waals surface area contributed by atoms with E-state index in [9.17, 15) is 13.2 Å². The lowest BCUT2D eigenvalue weighted by atomic mass is 10.3. The van der Waals surface area contributed by atoms with E-state index in [2.05, 4.69) is 37.5 Å². The van der Waals surface area contributed by atoms with E-state index in [1.54, 1.807) is 41.8 Å². The van der Waals surface area contributed by atoms with Crippen molar-refractivity contribution >= 4 is 73.1 Å². The summed E-state index contributed by atoms with van der Waals surface area (Å²) in [7, 11) is -3.67. The molecular formula is C19H21ClN6O4S3. The predicted molar refractivity (Wildman–Crippen MR) is 135 cm³/mol.